The summed E-state index contributed by atoms with van der Waals surface area (Å²) in [7, 11) is 0. The number of benzene rings is 2. The highest BCUT2D eigenvalue weighted by molar-refractivity contribution is 8.15. The van der Waals surface area contributed by atoms with Gasteiger partial charge in [-0.2, -0.15) is 0 Å². The molecule has 2 aromatic carbocycles. The molecule has 7 heteroatoms. The molecule has 5 rings (SSSR count). The van der Waals surface area contributed by atoms with E-state index in [1.165, 1.54) is 11.8 Å². The van der Waals surface area contributed by atoms with Gasteiger partial charge in [-0.05, 0) is 55.7 Å². The topological polar surface area (TPSA) is 68.2 Å². The van der Waals surface area contributed by atoms with Crippen molar-refractivity contribution in [3.8, 4) is 11.5 Å². The number of anilines is 1. The van der Waals surface area contributed by atoms with Crippen LogP contribution in [-0.2, 0) is 9.59 Å². The maximum Gasteiger partial charge on any atom is 0.283 e. The van der Waals surface area contributed by atoms with Crippen molar-refractivity contribution in [3.63, 3.8) is 0 Å². The van der Waals surface area contributed by atoms with Crippen LogP contribution in [-0.4, -0.2) is 28.9 Å². The first-order valence-electron chi connectivity index (χ1n) is 10.9. The van der Waals surface area contributed by atoms with E-state index in [9.17, 15) is 9.59 Å². The third-order valence-electron chi connectivity index (χ3n) is 5.82. The first-order valence-corrected chi connectivity index (χ1v) is 11.8. The highest BCUT2D eigenvalue weighted by atomic mass is 32.2. The van der Waals surface area contributed by atoms with E-state index in [2.05, 4.69) is 0 Å². The van der Waals surface area contributed by atoms with Gasteiger partial charge in [-0.1, -0.05) is 48.4 Å². The Hall–Kier alpha value is -3.06. The molecule has 1 aliphatic carbocycles. The van der Waals surface area contributed by atoms with Crippen LogP contribution in [0.15, 0.2) is 53.2 Å². The van der Waals surface area contributed by atoms with E-state index in [1.807, 2.05) is 49.4 Å². The predicted octanol–water partition coefficient (Wildman–Crippen LogP) is 5.10. The standard InChI is InChI=1S/C25H24N2O4S/c1-16-7-10-18(11-8-16)27-24(29)19(13-17-9-12-21-22(14-17)31-15-30-21)26-25(27)32-23-6-4-2-3-5-20(23)28/h7-14,23H,2-6,15H2,1H3. The van der Waals surface area contributed by atoms with Crippen LogP contribution in [0, 0.1) is 6.92 Å². The Bertz CT molecular complexity index is 1120. The molecule has 2 aliphatic heterocycles. The van der Waals surface area contributed by atoms with E-state index in [0.29, 0.717) is 28.8 Å². The van der Waals surface area contributed by atoms with E-state index in [-0.39, 0.29) is 23.7 Å². The number of fused-ring (bicyclic) bond motifs is 1. The van der Waals surface area contributed by atoms with Crippen molar-refractivity contribution in [1.82, 2.24) is 0 Å². The van der Waals surface area contributed by atoms with Gasteiger partial charge < -0.3 is 9.47 Å². The molecule has 1 unspecified atom stereocenters. The van der Waals surface area contributed by atoms with Crippen molar-refractivity contribution in [2.75, 3.05) is 11.7 Å². The molecule has 0 spiro atoms. The number of Topliss-reactive ketones (excluding diaryl/α,β-unsaturated/α-hetero) is 1. The molecule has 1 fully saturated rings. The average molecular weight is 449 g/mol. The zero-order valence-corrected chi connectivity index (χ0v) is 18.7. The molecule has 1 atom stereocenters. The highest BCUT2D eigenvalue weighted by Crippen LogP contribution is 2.36. The van der Waals surface area contributed by atoms with Gasteiger partial charge in [0, 0.05) is 6.42 Å². The summed E-state index contributed by atoms with van der Waals surface area (Å²) in [6.45, 7) is 2.21. The minimum absolute atomic E-state index is 0.165. The molecule has 0 radical (unpaired) electrons. The van der Waals surface area contributed by atoms with Crippen LogP contribution in [0.4, 0.5) is 5.69 Å². The third-order valence-corrected chi connectivity index (χ3v) is 7.09. The molecular formula is C25H24N2O4S. The Morgan fingerprint density at radius 3 is 2.69 bits per heavy atom. The molecular weight excluding hydrogens is 424 g/mol. The van der Waals surface area contributed by atoms with E-state index in [0.717, 1.165) is 42.5 Å². The number of aryl methyl sites for hydroxylation is 1. The summed E-state index contributed by atoms with van der Waals surface area (Å²) in [4.78, 5) is 32.4. The lowest BCUT2D eigenvalue weighted by Crippen LogP contribution is -2.32. The van der Waals surface area contributed by atoms with Crippen molar-refractivity contribution in [1.29, 1.82) is 0 Å². The second-order valence-electron chi connectivity index (χ2n) is 8.18. The average Bonchev–Trinajstić information content (AvgIpc) is 3.30. The lowest BCUT2D eigenvalue weighted by molar-refractivity contribution is -0.118. The fourth-order valence-electron chi connectivity index (χ4n) is 4.04. The summed E-state index contributed by atoms with van der Waals surface area (Å²) < 4.78 is 10.8. The van der Waals surface area contributed by atoms with Crippen LogP contribution in [0.2, 0.25) is 0 Å². The first-order chi connectivity index (χ1) is 15.6. The van der Waals surface area contributed by atoms with Gasteiger partial charge in [0.25, 0.3) is 5.91 Å². The van der Waals surface area contributed by atoms with Gasteiger partial charge in [-0.3, -0.25) is 14.5 Å². The molecule has 0 aromatic heterocycles. The minimum Gasteiger partial charge on any atom is -0.454 e. The number of amides is 1. The van der Waals surface area contributed by atoms with Crippen molar-refractivity contribution in [2.45, 2.75) is 44.3 Å². The predicted molar refractivity (Wildman–Crippen MR) is 126 cm³/mol. The first kappa shape index (κ1) is 20.8. The van der Waals surface area contributed by atoms with E-state index >= 15 is 0 Å². The number of carbonyl (C=O) groups is 2. The molecule has 6 nitrogen and oxygen atoms in total. The number of nitrogens with zero attached hydrogens (tertiary/aromatic N) is 2. The molecule has 0 bridgehead atoms. The van der Waals surface area contributed by atoms with Gasteiger partial charge in [0.2, 0.25) is 6.79 Å². The second-order valence-corrected chi connectivity index (χ2v) is 9.35. The zero-order chi connectivity index (χ0) is 22.1. The molecule has 2 aromatic rings. The number of thioether (sulfide) groups is 1. The summed E-state index contributed by atoms with van der Waals surface area (Å²) >= 11 is 1.41. The summed E-state index contributed by atoms with van der Waals surface area (Å²) in [5.74, 6) is 1.40. The molecule has 0 saturated heterocycles. The van der Waals surface area contributed by atoms with Crippen molar-refractivity contribution >= 4 is 40.4 Å². The molecule has 1 saturated carbocycles. The molecule has 3 aliphatic rings. The summed E-state index contributed by atoms with van der Waals surface area (Å²) in [5, 5.41) is 0.396. The Labute approximate surface area is 191 Å². The van der Waals surface area contributed by atoms with Crippen molar-refractivity contribution in [3.05, 3.63) is 59.3 Å². The van der Waals surface area contributed by atoms with Gasteiger partial charge in [0.1, 0.15) is 11.5 Å². The normalized spacial score (nSPS) is 21.8. The summed E-state index contributed by atoms with van der Waals surface area (Å²) in [5.41, 5.74) is 3.01. The van der Waals surface area contributed by atoms with Crippen molar-refractivity contribution < 1.29 is 19.1 Å². The van der Waals surface area contributed by atoms with Crippen LogP contribution in [0.1, 0.15) is 43.2 Å². The Morgan fingerprint density at radius 2 is 1.84 bits per heavy atom. The van der Waals surface area contributed by atoms with Gasteiger partial charge in [0.15, 0.2) is 16.7 Å². The number of aliphatic imine (C=N–C) groups is 1. The van der Waals surface area contributed by atoms with E-state index in [4.69, 9.17) is 14.5 Å². The number of hydrogen-bond acceptors (Lipinski definition) is 6. The Balaban J connectivity index is 1.49. The third kappa shape index (κ3) is 4.17. The van der Waals surface area contributed by atoms with Gasteiger partial charge >= 0.3 is 0 Å². The quantitative estimate of drug-likeness (QED) is 0.483. The monoisotopic (exact) mass is 448 g/mol. The van der Waals surface area contributed by atoms with E-state index < -0.39 is 0 Å². The lowest BCUT2D eigenvalue weighted by atomic mass is 10.1. The van der Waals surface area contributed by atoms with Crippen LogP contribution in [0.3, 0.4) is 0 Å². The summed E-state index contributed by atoms with van der Waals surface area (Å²) in [6, 6.07) is 13.3. The molecule has 2 heterocycles. The number of ether oxygens (including phenoxy) is 2. The number of rotatable bonds is 3. The second kappa shape index (κ2) is 8.82. The fraction of sp³-hybridized carbons (Fsp3) is 0.320. The number of carbonyl (C=O) groups excluding carboxylic acids is 2. The fourth-order valence-corrected chi connectivity index (χ4v) is 5.27. The van der Waals surface area contributed by atoms with Crippen molar-refractivity contribution in [2.24, 2.45) is 4.99 Å². The number of ketones is 1. The molecule has 0 N–H and O–H groups in total. The van der Waals surface area contributed by atoms with Gasteiger partial charge in [-0.25, -0.2) is 4.99 Å². The van der Waals surface area contributed by atoms with Gasteiger partial charge in [-0.15, -0.1) is 0 Å². The van der Waals surface area contributed by atoms with Crippen LogP contribution in [0.25, 0.3) is 6.08 Å². The SMILES string of the molecule is Cc1ccc(N2C(=O)C(=Cc3ccc4c(c3)OCO4)N=C2SC2CCCCCC2=O)cc1. The Morgan fingerprint density at radius 1 is 1.03 bits per heavy atom. The van der Waals surface area contributed by atoms with E-state index in [1.54, 1.807) is 11.0 Å². The molecule has 32 heavy (non-hydrogen) atoms. The zero-order valence-electron chi connectivity index (χ0n) is 17.9. The minimum atomic E-state index is -0.199. The van der Waals surface area contributed by atoms with Crippen LogP contribution in [0.5, 0.6) is 11.5 Å². The number of amidine groups is 1. The lowest BCUT2D eigenvalue weighted by Gasteiger charge is -2.20. The number of hydrogen-bond donors (Lipinski definition) is 0. The summed E-state index contributed by atoms with van der Waals surface area (Å²) in [6.07, 6.45) is 6.22. The maximum absolute atomic E-state index is 13.4. The largest absolute Gasteiger partial charge is 0.454 e. The highest BCUT2D eigenvalue weighted by Gasteiger charge is 2.35. The van der Waals surface area contributed by atoms with Crippen LogP contribution < -0.4 is 14.4 Å². The molecule has 164 valence electrons. The molecule has 1 amide bonds. The smallest absolute Gasteiger partial charge is 0.283 e. The van der Waals surface area contributed by atoms with Crippen LogP contribution >= 0.6 is 11.8 Å². The maximum atomic E-state index is 13.4. The van der Waals surface area contributed by atoms with Gasteiger partial charge in [0.05, 0.1) is 10.9 Å². The Kier molecular flexibility index (Phi) is 5.74.